The lowest BCUT2D eigenvalue weighted by molar-refractivity contribution is -0.0979. The van der Waals surface area contributed by atoms with Gasteiger partial charge in [0.25, 0.3) is 0 Å². The summed E-state index contributed by atoms with van der Waals surface area (Å²) in [5, 5.41) is 3.51. The molecular formula is C14H20N2O. The van der Waals surface area contributed by atoms with E-state index < -0.39 is 0 Å². The van der Waals surface area contributed by atoms with Crippen molar-refractivity contribution >= 4 is 5.69 Å². The highest BCUT2D eigenvalue weighted by atomic mass is 16.5. The Kier molecular flexibility index (Phi) is 2.81. The molecule has 0 aromatic heterocycles. The lowest BCUT2D eigenvalue weighted by Gasteiger charge is -2.40. The average molecular weight is 232 g/mol. The van der Waals surface area contributed by atoms with Crippen LogP contribution in [0.1, 0.15) is 17.5 Å². The van der Waals surface area contributed by atoms with Crippen LogP contribution in [0.25, 0.3) is 0 Å². The van der Waals surface area contributed by atoms with Gasteiger partial charge in [0, 0.05) is 24.2 Å². The summed E-state index contributed by atoms with van der Waals surface area (Å²) in [4.78, 5) is 0. The first kappa shape index (κ1) is 11.1. The molecule has 3 heteroatoms. The van der Waals surface area contributed by atoms with Gasteiger partial charge in [-0.3, -0.25) is 0 Å². The summed E-state index contributed by atoms with van der Waals surface area (Å²) >= 11 is 0. The van der Waals surface area contributed by atoms with E-state index in [1.165, 1.54) is 36.1 Å². The Labute approximate surface area is 102 Å². The molecule has 1 aliphatic carbocycles. The monoisotopic (exact) mass is 232 g/mol. The Balaban J connectivity index is 1.65. The summed E-state index contributed by atoms with van der Waals surface area (Å²) in [6, 6.07) is 6.75. The molecule has 92 valence electrons. The first-order valence-electron chi connectivity index (χ1n) is 6.45. The Morgan fingerprint density at radius 2 is 2.06 bits per heavy atom. The molecule has 3 rings (SSSR count). The molecule has 0 unspecified atom stereocenters. The third-order valence-corrected chi connectivity index (χ3v) is 4.02. The van der Waals surface area contributed by atoms with Gasteiger partial charge in [0.15, 0.2) is 0 Å². The third-order valence-electron chi connectivity index (χ3n) is 4.02. The maximum absolute atomic E-state index is 5.80. The van der Waals surface area contributed by atoms with E-state index in [4.69, 9.17) is 10.5 Å². The van der Waals surface area contributed by atoms with E-state index in [0.29, 0.717) is 6.54 Å². The number of rotatable bonds is 4. The minimum absolute atomic E-state index is 0.166. The van der Waals surface area contributed by atoms with Crippen molar-refractivity contribution in [3.63, 3.8) is 0 Å². The van der Waals surface area contributed by atoms with Gasteiger partial charge in [-0.05, 0) is 42.5 Å². The van der Waals surface area contributed by atoms with Crippen LogP contribution in [-0.4, -0.2) is 26.3 Å². The van der Waals surface area contributed by atoms with Gasteiger partial charge in [-0.15, -0.1) is 0 Å². The molecule has 0 radical (unpaired) electrons. The van der Waals surface area contributed by atoms with Gasteiger partial charge in [0.2, 0.25) is 0 Å². The van der Waals surface area contributed by atoms with Crippen molar-refractivity contribution in [1.29, 1.82) is 0 Å². The van der Waals surface area contributed by atoms with E-state index in [0.717, 1.165) is 19.8 Å². The van der Waals surface area contributed by atoms with Gasteiger partial charge < -0.3 is 15.8 Å². The second-order valence-electron chi connectivity index (χ2n) is 5.39. The first-order valence-corrected chi connectivity index (χ1v) is 6.45. The number of aryl methyl sites for hydroxylation is 2. The highest BCUT2D eigenvalue weighted by Crippen LogP contribution is 2.28. The normalized spacial score (nSPS) is 20.8. The Hall–Kier alpha value is -1.06. The number of anilines is 1. The van der Waals surface area contributed by atoms with Crippen molar-refractivity contribution in [2.75, 3.05) is 31.6 Å². The molecule has 3 N–H and O–H groups in total. The minimum atomic E-state index is 0.166. The van der Waals surface area contributed by atoms with Gasteiger partial charge in [-0.25, -0.2) is 0 Å². The van der Waals surface area contributed by atoms with Crippen molar-refractivity contribution in [3.8, 4) is 0 Å². The van der Waals surface area contributed by atoms with E-state index in [2.05, 4.69) is 23.5 Å². The van der Waals surface area contributed by atoms with Gasteiger partial charge >= 0.3 is 0 Å². The lowest BCUT2D eigenvalue weighted by Crippen LogP contribution is -2.52. The molecule has 1 saturated heterocycles. The summed E-state index contributed by atoms with van der Waals surface area (Å²) in [6.45, 7) is 3.20. The predicted molar refractivity (Wildman–Crippen MR) is 69.3 cm³/mol. The number of hydrogen-bond acceptors (Lipinski definition) is 3. The fraction of sp³-hybridized carbons (Fsp3) is 0.571. The number of ether oxygens (including phenoxy) is 1. The van der Waals surface area contributed by atoms with Crippen LogP contribution in [0, 0.1) is 5.41 Å². The van der Waals surface area contributed by atoms with Gasteiger partial charge in [-0.2, -0.15) is 0 Å². The summed E-state index contributed by atoms with van der Waals surface area (Å²) in [7, 11) is 0. The van der Waals surface area contributed by atoms with Crippen LogP contribution < -0.4 is 11.1 Å². The van der Waals surface area contributed by atoms with Crippen LogP contribution in [0.15, 0.2) is 18.2 Å². The van der Waals surface area contributed by atoms with Crippen LogP contribution >= 0.6 is 0 Å². The van der Waals surface area contributed by atoms with Gasteiger partial charge in [-0.1, -0.05) is 6.07 Å². The van der Waals surface area contributed by atoms with E-state index in [1.807, 2.05) is 0 Å². The van der Waals surface area contributed by atoms with Crippen LogP contribution in [0.4, 0.5) is 5.69 Å². The van der Waals surface area contributed by atoms with Crippen LogP contribution in [0.3, 0.4) is 0 Å². The zero-order valence-corrected chi connectivity index (χ0v) is 10.2. The van der Waals surface area contributed by atoms with Crippen molar-refractivity contribution in [3.05, 3.63) is 29.3 Å². The molecule has 1 aliphatic heterocycles. The smallest absolute Gasteiger partial charge is 0.0574 e. The lowest BCUT2D eigenvalue weighted by atomic mass is 9.86. The molecule has 0 amide bonds. The fourth-order valence-electron chi connectivity index (χ4n) is 2.65. The largest absolute Gasteiger partial charge is 0.384 e. The number of nitrogens with two attached hydrogens (primary N) is 1. The van der Waals surface area contributed by atoms with E-state index in [1.54, 1.807) is 0 Å². The first-order chi connectivity index (χ1) is 8.31. The predicted octanol–water partition coefficient (Wildman–Crippen LogP) is 1.56. The molecule has 0 spiro atoms. The maximum Gasteiger partial charge on any atom is 0.0574 e. The topological polar surface area (TPSA) is 47.3 Å². The standard InChI is InChI=1S/C14H20N2O/c15-7-14(9-17-10-14)8-16-13-5-4-11-2-1-3-12(11)6-13/h4-6,16H,1-3,7-10,15H2. The number of benzene rings is 1. The van der Waals surface area contributed by atoms with E-state index in [-0.39, 0.29) is 5.41 Å². The molecule has 0 saturated carbocycles. The quantitative estimate of drug-likeness (QED) is 0.828. The van der Waals surface area contributed by atoms with Crippen molar-refractivity contribution in [2.45, 2.75) is 19.3 Å². The molecule has 0 bridgehead atoms. The molecule has 1 aromatic carbocycles. The second kappa shape index (κ2) is 4.31. The van der Waals surface area contributed by atoms with Crippen LogP contribution in [0.5, 0.6) is 0 Å². The fourth-order valence-corrected chi connectivity index (χ4v) is 2.65. The second-order valence-corrected chi connectivity index (χ2v) is 5.39. The van der Waals surface area contributed by atoms with E-state index in [9.17, 15) is 0 Å². The van der Waals surface area contributed by atoms with Crippen molar-refractivity contribution in [2.24, 2.45) is 11.1 Å². The SMILES string of the molecule is NCC1(CNc2ccc3c(c2)CCC3)COC1. The number of hydrogen-bond donors (Lipinski definition) is 2. The molecular weight excluding hydrogens is 212 g/mol. The maximum atomic E-state index is 5.80. The van der Waals surface area contributed by atoms with Gasteiger partial charge in [0.1, 0.15) is 0 Å². The molecule has 0 atom stereocenters. The Bertz CT molecular complexity index is 407. The van der Waals surface area contributed by atoms with Crippen LogP contribution in [-0.2, 0) is 17.6 Å². The van der Waals surface area contributed by atoms with Crippen molar-refractivity contribution in [1.82, 2.24) is 0 Å². The molecule has 1 aromatic rings. The van der Waals surface area contributed by atoms with Crippen LogP contribution in [0.2, 0.25) is 0 Å². The highest BCUT2D eigenvalue weighted by Gasteiger charge is 2.36. The van der Waals surface area contributed by atoms with E-state index >= 15 is 0 Å². The summed E-state index contributed by atoms with van der Waals surface area (Å²) in [5.74, 6) is 0. The highest BCUT2D eigenvalue weighted by molar-refractivity contribution is 5.50. The zero-order chi connectivity index (χ0) is 11.7. The minimum Gasteiger partial charge on any atom is -0.384 e. The summed E-state index contributed by atoms with van der Waals surface area (Å²) < 4.78 is 5.27. The average Bonchev–Trinajstić information content (AvgIpc) is 2.75. The molecule has 2 aliphatic rings. The summed E-state index contributed by atoms with van der Waals surface area (Å²) in [6.07, 6.45) is 3.78. The van der Waals surface area contributed by atoms with Gasteiger partial charge in [0.05, 0.1) is 13.2 Å². The molecule has 1 fully saturated rings. The zero-order valence-electron chi connectivity index (χ0n) is 10.2. The number of fused-ring (bicyclic) bond motifs is 1. The molecule has 3 nitrogen and oxygen atoms in total. The Morgan fingerprint density at radius 3 is 2.76 bits per heavy atom. The number of nitrogens with one attached hydrogen (secondary N) is 1. The summed E-state index contributed by atoms with van der Waals surface area (Å²) in [5.41, 5.74) is 10.2. The van der Waals surface area contributed by atoms with Crippen molar-refractivity contribution < 1.29 is 4.74 Å². The molecule has 17 heavy (non-hydrogen) atoms. The Morgan fingerprint density at radius 1 is 1.24 bits per heavy atom. The molecule has 1 heterocycles. The third kappa shape index (κ3) is 2.05.